The van der Waals surface area contributed by atoms with Crippen molar-refractivity contribution in [3.05, 3.63) is 0 Å². The van der Waals surface area contributed by atoms with Crippen LogP contribution in [0.1, 0.15) is 32.6 Å². The van der Waals surface area contributed by atoms with E-state index in [2.05, 4.69) is 6.92 Å². The molecule has 0 bridgehead atoms. The molecule has 0 aliphatic carbocycles. The van der Waals surface area contributed by atoms with E-state index in [0.717, 1.165) is 45.5 Å². The molecule has 2 N–H and O–H groups in total. The molecular weight excluding hydrogens is 178 g/mol. The molecule has 2 atom stereocenters. The molecule has 14 heavy (non-hydrogen) atoms. The second kappa shape index (κ2) is 4.17. The first-order valence-electron chi connectivity index (χ1n) is 5.70. The molecule has 0 saturated carbocycles. The zero-order valence-corrected chi connectivity index (χ0v) is 9.00. The third kappa shape index (κ3) is 1.95. The lowest BCUT2D eigenvalue weighted by Gasteiger charge is -2.37. The third-order valence-corrected chi connectivity index (χ3v) is 3.73. The molecule has 3 nitrogen and oxygen atoms in total. The fourth-order valence-electron chi connectivity index (χ4n) is 2.64. The minimum absolute atomic E-state index is 0.0675. The van der Waals surface area contributed by atoms with Crippen molar-refractivity contribution in [2.75, 3.05) is 19.8 Å². The molecule has 2 aliphatic rings. The van der Waals surface area contributed by atoms with Gasteiger partial charge in [0.05, 0.1) is 5.60 Å². The van der Waals surface area contributed by atoms with Crippen LogP contribution < -0.4 is 5.73 Å². The first-order valence-corrected chi connectivity index (χ1v) is 5.70. The Kier molecular flexibility index (Phi) is 3.10. The Balaban J connectivity index is 1.95. The average Bonchev–Trinajstić information content (AvgIpc) is 2.67. The van der Waals surface area contributed by atoms with Crippen LogP contribution in [-0.2, 0) is 9.47 Å². The first kappa shape index (κ1) is 10.4. The highest BCUT2D eigenvalue weighted by Crippen LogP contribution is 2.33. The van der Waals surface area contributed by atoms with Gasteiger partial charge in [0.2, 0.25) is 0 Å². The maximum atomic E-state index is 6.31. The molecule has 0 aromatic heterocycles. The summed E-state index contributed by atoms with van der Waals surface area (Å²) in [5, 5.41) is 0. The summed E-state index contributed by atoms with van der Waals surface area (Å²) in [4.78, 5) is 0. The van der Waals surface area contributed by atoms with Crippen LogP contribution in [0.2, 0.25) is 0 Å². The number of nitrogens with two attached hydrogens (primary N) is 1. The van der Waals surface area contributed by atoms with E-state index in [0.29, 0.717) is 5.92 Å². The molecule has 2 saturated heterocycles. The summed E-state index contributed by atoms with van der Waals surface area (Å²) in [6, 6.07) is 0.189. The summed E-state index contributed by atoms with van der Waals surface area (Å²) in [6.45, 7) is 4.79. The van der Waals surface area contributed by atoms with E-state index < -0.39 is 0 Å². The molecule has 0 radical (unpaired) electrons. The van der Waals surface area contributed by atoms with Crippen LogP contribution in [-0.4, -0.2) is 31.5 Å². The molecule has 2 aliphatic heterocycles. The van der Waals surface area contributed by atoms with E-state index >= 15 is 0 Å². The van der Waals surface area contributed by atoms with Gasteiger partial charge in [-0.25, -0.2) is 0 Å². The topological polar surface area (TPSA) is 44.5 Å². The monoisotopic (exact) mass is 199 g/mol. The van der Waals surface area contributed by atoms with Gasteiger partial charge in [-0.05, 0) is 38.5 Å². The summed E-state index contributed by atoms with van der Waals surface area (Å²) in [7, 11) is 0. The number of hydrogen-bond donors (Lipinski definition) is 1. The Morgan fingerprint density at radius 3 is 2.57 bits per heavy atom. The fraction of sp³-hybridized carbons (Fsp3) is 1.00. The molecule has 82 valence electrons. The van der Waals surface area contributed by atoms with Gasteiger partial charge in [0.1, 0.15) is 0 Å². The lowest BCUT2D eigenvalue weighted by atomic mass is 9.80. The first-order chi connectivity index (χ1) is 6.72. The second-order valence-electron chi connectivity index (χ2n) is 4.74. The second-order valence-corrected chi connectivity index (χ2v) is 4.74. The summed E-state index contributed by atoms with van der Waals surface area (Å²) in [5.74, 6) is 0.590. The Bertz CT molecular complexity index is 184. The average molecular weight is 199 g/mol. The van der Waals surface area contributed by atoms with Gasteiger partial charge >= 0.3 is 0 Å². The van der Waals surface area contributed by atoms with E-state index in [1.54, 1.807) is 0 Å². The van der Waals surface area contributed by atoms with Gasteiger partial charge in [0, 0.05) is 25.9 Å². The smallest absolute Gasteiger partial charge is 0.0808 e. The van der Waals surface area contributed by atoms with Crippen molar-refractivity contribution in [2.45, 2.75) is 44.2 Å². The van der Waals surface area contributed by atoms with E-state index in [-0.39, 0.29) is 11.6 Å². The predicted molar refractivity (Wildman–Crippen MR) is 55.1 cm³/mol. The van der Waals surface area contributed by atoms with E-state index in [9.17, 15) is 0 Å². The highest BCUT2D eigenvalue weighted by atomic mass is 16.5. The Hall–Kier alpha value is -0.120. The molecule has 2 unspecified atom stereocenters. The molecular formula is C11H21NO2. The summed E-state index contributed by atoms with van der Waals surface area (Å²) in [6.07, 6.45) is 4.47. The largest absolute Gasteiger partial charge is 0.381 e. The molecule has 0 amide bonds. The number of hydrogen-bond acceptors (Lipinski definition) is 3. The van der Waals surface area contributed by atoms with E-state index in [1.165, 1.54) is 0 Å². The zero-order valence-electron chi connectivity index (χ0n) is 9.00. The van der Waals surface area contributed by atoms with Gasteiger partial charge < -0.3 is 15.2 Å². The molecule has 2 rings (SSSR count). The van der Waals surface area contributed by atoms with Gasteiger partial charge in [-0.1, -0.05) is 0 Å². The predicted octanol–water partition coefficient (Wildman–Crippen LogP) is 1.31. The van der Waals surface area contributed by atoms with Gasteiger partial charge in [-0.3, -0.25) is 0 Å². The minimum atomic E-state index is -0.0675. The molecule has 0 spiro atoms. The quantitative estimate of drug-likeness (QED) is 0.729. The van der Waals surface area contributed by atoms with Crippen molar-refractivity contribution >= 4 is 0 Å². The fourth-order valence-corrected chi connectivity index (χ4v) is 2.64. The normalized spacial score (nSPS) is 37.3. The van der Waals surface area contributed by atoms with Crippen LogP contribution >= 0.6 is 0 Å². The van der Waals surface area contributed by atoms with E-state index in [4.69, 9.17) is 15.2 Å². The molecule has 3 heteroatoms. The molecule has 0 aromatic rings. The van der Waals surface area contributed by atoms with Crippen molar-refractivity contribution in [3.8, 4) is 0 Å². The SMILES string of the molecule is CC1(C(N)C2CCOCC2)CCCO1. The van der Waals surface area contributed by atoms with Crippen LogP contribution in [0.4, 0.5) is 0 Å². The van der Waals surface area contributed by atoms with Crippen LogP contribution in [0.15, 0.2) is 0 Å². The Morgan fingerprint density at radius 2 is 2.00 bits per heavy atom. The minimum Gasteiger partial charge on any atom is -0.381 e. The summed E-state index contributed by atoms with van der Waals surface area (Å²) < 4.78 is 11.1. The Morgan fingerprint density at radius 1 is 1.29 bits per heavy atom. The van der Waals surface area contributed by atoms with Crippen LogP contribution in [0.25, 0.3) is 0 Å². The van der Waals surface area contributed by atoms with Gasteiger partial charge in [-0.2, -0.15) is 0 Å². The van der Waals surface area contributed by atoms with Crippen molar-refractivity contribution in [1.82, 2.24) is 0 Å². The van der Waals surface area contributed by atoms with Gasteiger partial charge in [0.15, 0.2) is 0 Å². The van der Waals surface area contributed by atoms with Crippen LogP contribution in [0.5, 0.6) is 0 Å². The summed E-state index contributed by atoms with van der Waals surface area (Å²) >= 11 is 0. The maximum absolute atomic E-state index is 6.31. The molecule has 2 fully saturated rings. The van der Waals surface area contributed by atoms with Crippen molar-refractivity contribution in [1.29, 1.82) is 0 Å². The molecule has 0 aromatic carbocycles. The Labute approximate surface area is 85.9 Å². The molecule has 2 heterocycles. The highest BCUT2D eigenvalue weighted by molar-refractivity contribution is 4.94. The highest BCUT2D eigenvalue weighted by Gasteiger charge is 2.40. The van der Waals surface area contributed by atoms with Crippen molar-refractivity contribution in [3.63, 3.8) is 0 Å². The lowest BCUT2D eigenvalue weighted by Crippen LogP contribution is -2.51. The van der Waals surface area contributed by atoms with Gasteiger partial charge in [-0.15, -0.1) is 0 Å². The van der Waals surface area contributed by atoms with Crippen LogP contribution in [0, 0.1) is 5.92 Å². The summed E-state index contributed by atoms with van der Waals surface area (Å²) in [5.41, 5.74) is 6.24. The maximum Gasteiger partial charge on any atom is 0.0808 e. The number of ether oxygens (including phenoxy) is 2. The van der Waals surface area contributed by atoms with Crippen molar-refractivity contribution < 1.29 is 9.47 Å². The van der Waals surface area contributed by atoms with Crippen molar-refractivity contribution in [2.24, 2.45) is 11.7 Å². The third-order valence-electron chi connectivity index (χ3n) is 3.73. The van der Waals surface area contributed by atoms with Crippen LogP contribution in [0.3, 0.4) is 0 Å². The van der Waals surface area contributed by atoms with Gasteiger partial charge in [0.25, 0.3) is 0 Å². The standard InChI is InChI=1S/C11H21NO2/c1-11(5-2-6-14-11)10(12)9-3-7-13-8-4-9/h9-10H,2-8,12H2,1H3. The lowest BCUT2D eigenvalue weighted by molar-refractivity contribution is -0.0370. The zero-order chi connectivity index (χ0) is 10.0. The number of rotatable bonds is 2. The van der Waals surface area contributed by atoms with E-state index in [1.807, 2.05) is 0 Å².